The maximum Gasteiger partial charge on any atom is 0.321 e. The third kappa shape index (κ3) is 3.59. The predicted octanol–water partition coefficient (Wildman–Crippen LogP) is 3.42. The molecule has 1 aliphatic rings. The standard InChI is InChI=1S/C18H23N3O3/c1-13-5-6-14(16-19-9-10-24-16)11-15(13)20-17(22)21(2)12-18(23)7-3-4-8-18/h5-6,9-11,23H,3-4,7-8,12H2,1-2H3,(H,20,22). The van der Waals surface area contributed by atoms with Gasteiger partial charge in [-0.1, -0.05) is 18.9 Å². The minimum Gasteiger partial charge on any atom is -0.445 e. The van der Waals surface area contributed by atoms with Gasteiger partial charge in [-0.15, -0.1) is 0 Å². The number of nitrogens with one attached hydrogen (secondary N) is 1. The zero-order valence-electron chi connectivity index (χ0n) is 14.1. The van der Waals surface area contributed by atoms with Crippen LogP contribution in [0.15, 0.2) is 35.1 Å². The first-order valence-corrected chi connectivity index (χ1v) is 8.22. The van der Waals surface area contributed by atoms with E-state index in [0.717, 1.165) is 36.8 Å². The molecule has 128 valence electrons. The normalized spacial score (nSPS) is 16.1. The third-order valence-electron chi connectivity index (χ3n) is 4.57. The van der Waals surface area contributed by atoms with Crippen molar-refractivity contribution in [1.29, 1.82) is 0 Å². The van der Waals surface area contributed by atoms with Crippen molar-refractivity contribution in [3.05, 3.63) is 36.2 Å². The van der Waals surface area contributed by atoms with Crippen LogP contribution < -0.4 is 5.32 Å². The molecule has 2 N–H and O–H groups in total. The van der Waals surface area contributed by atoms with Gasteiger partial charge in [-0.2, -0.15) is 0 Å². The average molecular weight is 329 g/mol. The molecule has 0 aliphatic heterocycles. The lowest BCUT2D eigenvalue weighted by atomic mass is 10.0. The molecule has 1 aromatic heterocycles. The summed E-state index contributed by atoms with van der Waals surface area (Å²) in [5.74, 6) is 0.513. The number of oxazole rings is 1. The minimum absolute atomic E-state index is 0.233. The highest BCUT2D eigenvalue weighted by Crippen LogP contribution is 2.30. The molecule has 0 saturated heterocycles. The highest BCUT2D eigenvalue weighted by molar-refractivity contribution is 5.90. The summed E-state index contributed by atoms with van der Waals surface area (Å²) in [4.78, 5) is 18.1. The van der Waals surface area contributed by atoms with E-state index in [-0.39, 0.29) is 6.03 Å². The molecule has 1 heterocycles. The molecular weight excluding hydrogens is 306 g/mol. The SMILES string of the molecule is Cc1ccc(-c2ncco2)cc1NC(=O)N(C)CC1(O)CCCC1. The van der Waals surface area contributed by atoms with E-state index in [2.05, 4.69) is 10.3 Å². The zero-order valence-corrected chi connectivity index (χ0v) is 14.1. The second-order valence-electron chi connectivity index (χ2n) is 6.58. The maximum atomic E-state index is 12.5. The number of carbonyl (C=O) groups excluding carboxylic acids is 1. The highest BCUT2D eigenvalue weighted by Gasteiger charge is 2.33. The van der Waals surface area contributed by atoms with Crippen molar-refractivity contribution in [2.24, 2.45) is 0 Å². The Kier molecular flexibility index (Phi) is 4.57. The van der Waals surface area contributed by atoms with Crippen LogP contribution in [0.4, 0.5) is 10.5 Å². The van der Waals surface area contributed by atoms with Gasteiger partial charge >= 0.3 is 6.03 Å². The summed E-state index contributed by atoms with van der Waals surface area (Å²) in [5.41, 5.74) is 1.71. The van der Waals surface area contributed by atoms with Crippen molar-refractivity contribution in [2.45, 2.75) is 38.2 Å². The fraction of sp³-hybridized carbons (Fsp3) is 0.444. The molecule has 6 heteroatoms. The van der Waals surface area contributed by atoms with Crippen LogP contribution in [0.1, 0.15) is 31.2 Å². The predicted molar refractivity (Wildman–Crippen MR) is 91.7 cm³/mol. The summed E-state index contributed by atoms with van der Waals surface area (Å²) in [6, 6.07) is 5.43. The Balaban J connectivity index is 1.70. The summed E-state index contributed by atoms with van der Waals surface area (Å²) >= 11 is 0. The van der Waals surface area contributed by atoms with Gasteiger partial charge in [-0.05, 0) is 37.5 Å². The lowest BCUT2D eigenvalue weighted by Gasteiger charge is -2.28. The van der Waals surface area contributed by atoms with Gasteiger partial charge in [0.05, 0.1) is 18.3 Å². The molecule has 6 nitrogen and oxygen atoms in total. The molecule has 0 radical (unpaired) electrons. The highest BCUT2D eigenvalue weighted by atomic mass is 16.3. The Morgan fingerprint density at radius 1 is 1.42 bits per heavy atom. The smallest absolute Gasteiger partial charge is 0.321 e. The van der Waals surface area contributed by atoms with Crippen LogP contribution in [0.3, 0.4) is 0 Å². The number of aromatic nitrogens is 1. The quantitative estimate of drug-likeness (QED) is 0.901. The molecule has 0 atom stereocenters. The van der Waals surface area contributed by atoms with Gasteiger partial charge in [0.2, 0.25) is 5.89 Å². The first-order chi connectivity index (χ1) is 11.5. The summed E-state index contributed by atoms with van der Waals surface area (Å²) in [5, 5.41) is 13.4. The van der Waals surface area contributed by atoms with Gasteiger partial charge in [0, 0.05) is 18.3 Å². The van der Waals surface area contributed by atoms with E-state index >= 15 is 0 Å². The molecule has 1 aliphatic carbocycles. The van der Waals surface area contributed by atoms with Crippen LogP contribution in [-0.4, -0.2) is 40.2 Å². The second kappa shape index (κ2) is 6.65. The molecule has 0 bridgehead atoms. The van der Waals surface area contributed by atoms with E-state index in [4.69, 9.17) is 4.42 Å². The fourth-order valence-electron chi connectivity index (χ4n) is 3.17. The number of carbonyl (C=O) groups is 1. The van der Waals surface area contributed by atoms with E-state index in [9.17, 15) is 9.90 Å². The molecule has 1 fully saturated rings. The third-order valence-corrected chi connectivity index (χ3v) is 4.57. The number of rotatable bonds is 4. The maximum absolute atomic E-state index is 12.5. The van der Waals surface area contributed by atoms with Crippen molar-refractivity contribution in [3.63, 3.8) is 0 Å². The van der Waals surface area contributed by atoms with E-state index < -0.39 is 5.60 Å². The van der Waals surface area contributed by atoms with E-state index in [0.29, 0.717) is 18.1 Å². The molecule has 0 unspecified atom stereocenters. The molecule has 3 rings (SSSR count). The number of urea groups is 1. The van der Waals surface area contributed by atoms with Gasteiger partial charge in [-0.25, -0.2) is 9.78 Å². The fourth-order valence-corrected chi connectivity index (χ4v) is 3.17. The van der Waals surface area contributed by atoms with Crippen LogP contribution in [0, 0.1) is 6.92 Å². The van der Waals surface area contributed by atoms with Crippen LogP contribution in [0.2, 0.25) is 0 Å². The molecule has 0 spiro atoms. The van der Waals surface area contributed by atoms with Crippen LogP contribution >= 0.6 is 0 Å². The van der Waals surface area contributed by atoms with Crippen LogP contribution in [-0.2, 0) is 0 Å². The number of anilines is 1. The Labute approximate surface area is 141 Å². The number of hydrogen-bond acceptors (Lipinski definition) is 4. The number of nitrogens with zero attached hydrogens (tertiary/aromatic N) is 2. The number of hydrogen-bond donors (Lipinski definition) is 2. The van der Waals surface area contributed by atoms with E-state index in [1.165, 1.54) is 6.26 Å². The molecular formula is C18H23N3O3. The average Bonchev–Trinajstić information content (AvgIpc) is 3.21. The van der Waals surface area contributed by atoms with Crippen LogP contribution in [0.25, 0.3) is 11.5 Å². The van der Waals surface area contributed by atoms with Gasteiger partial charge in [0.25, 0.3) is 0 Å². The first kappa shape index (κ1) is 16.5. The number of likely N-dealkylation sites (N-methyl/N-ethyl adjacent to an activating group) is 1. The van der Waals surface area contributed by atoms with Gasteiger partial charge in [0.15, 0.2) is 0 Å². The van der Waals surface area contributed by atoms with Gasteiger partial charge < -0.3 is 19.7 Å². The van der Waals surface area contributed by atoms with Crippen molar-refractivity contribution < 1.29 is 14.3 Å². The van der Waals surface area contributed by atoms with E-state index in [1.807, 2.05) is 25.1 Å². The second-order valence-corrected chi connectivity index (χ2v) is 6.58. The largest absolute Gasteiger partial charge is 0.445 e. The lowest BCUT2D eigenvalue weighted by molar-refractivity contribution is 0.0261. The Hall–Kier alpha value is -2.34. The summed E-state index contributed by atoms with van der Waals surface area (Å²) in [6.07, 6.45) is 6.64. The monoisotopic (exact) mass is 329 g/mol. The van der Waals surface area contributed by atoms with Crippen LogP contribution in [0.5, 0.6) is 0 Å². The zero-order chi connectivity index (χ0) is 17.2. The Bertz CT molecular complexity index is 706. The topological polar surface area (TPSA) is 78.6 Å². The number of benzene rings is 1. The first-order valence-electron chi connectivity index (χ1n) is 8.22. The number of amides is 2. The molecule has 24 heavy (non-hydrogen) atoms. The summed E-state index contributed by atoms with van der Waals surface area (Å²) in [6.45, 7) is 2.27. The molecule has 2 amide bonds. The number of aryl methyl sites for hydroxylation is 1. The molecule has 1 saturated carbocycles. The van der Waals surface area contributed by atoms with Crippen molar-refractivity contribution in [1.82, 2.24) is 9.88 Å². The Morgan fingerprint density at radius 3 is 2.83 bits per heavy atom. The van der Waals surface area contributed by atoms with Crippen molar-refractivity contribution >= 4 is 11.7 Å². The molecule has 1 aromatic carbocycles. The van der Waals surface area contributed by atoms with Crippen molar-refractivity contribution in [2.75, 3.05) is 18.9 Å². The Morgan fingerprint density at radius 2 is 2.17 bits per heavy atom. The van der Waals surface area contributed by atoms with Crippen molar-refractivity contribution in [3.8, 4) is 11.5 Å². The minimum atomic E-state index is -0.749. The van der Waals surface area contributed by atoms with E-state index in [1.54, 1.807) is 18.1 Å². The lowest BCUT2D eigenvalue weighted by Crippen LogP contribution is -2.43. The molecule has 2 aromatic rings. The van der Waals surface area contributed by atoms with Gasteiger partial charge in [-0.3, -0.25) is 0 Å². The summed E-state index contributed by atoms with van der Waals surface area (Å²) in [7, 11) is 1.71. The summed E-state index contributed by atoms with van der Waals surface area (Å²) < 4.78 is 5.30. The van der Waals surface area contributed by atoms with Gasteiger partial charge in [0.1, 0.15) is 6.26 Å². The number of aliphatic hydroxyl groups is 1.